The van der Waals surface area contributed by atoms with Crippen LogP contribution < -0.4 is 0 Å². The quantitative estimate of drug-likeness (QED) is 0.892. The van der Waals surface area contributed by atoms with Gasteiger partial charge in [-0.25, -0.2) is 0 Å². The predicted molar refractivity (Wildman–Crippen MR) is 74.3 cm³/mol. The van der Waals surface area contributed by atoms with E-state index in [1.165, 1.54) is 0 Å². The molecule has 0 spiro atoms. The molecule has 0 radical (unpaired) electrons. The zero-order valence-electron chi connectivity index (χ0n) is 9.11. The second-order valence-corrected chi connectivity index (χ2v) is 5.08. The van der Waals surface area contributed by atoms with Crippen molar-refractivity contribution in [3.63, 3.8) is 0 Å². The number of rotatable bonds is 3. The average molecular weight is 312 g/mol. The van der Waals surface area contributed by atoms with Gasteiger partial charge < -0.3 is 5.11 Å². The Morgan fingerprint density at radius 1 is 1.06 bits per heavy atom. The zero-order valence-corrected chi connectivity index (χ0v) is 11.4. The van der Waals surface area contributed by atoms with Crippen molar-refractivity contribution in [2.24, 2.45) is 0 Å². The van der Waals surface area contributed by atoms with E-state index in [0.29, 0.717) is 11.4 Å². The van der Waals surface area contributed by atoms with Crippen LogP contribution in [0, 0.1) is 0 Å². The minimum atomic E-state index is -0.581. The van der Waals surface area contributed by atoms with Gasteiger partial charge in [0.1, 0.15) is 0 Å². The molecule has 0 aliphatic carbocycles. The Morgan fingerprint density at radius 3 is 2.47 bits per heavy atom. The third-order valence-corrected chi connectivity index (χ3v) is 3.92. The average Bonchev–Trinajstić information content (AvgIpc) is 2.34. The van der Waals surface area contributed by atoms with Crippen molar-refractivity contribution in [2.75, 3.05) is 0 Å². The highest BCUT2D eigenvalue weighted by Gasteiger charge is 2.13. The van der Waals surface area contributed by atoms with Crippen molar-refractivity contribution >= 4 is 27.5 Å². The minimum absolute atomic E-state index is 0.566. The van der Waals surface area contributed by atoms with E-state index in [2.05, 4.69) is 15.9 Å². The molecular weight excluding hydrogens is 300 g/mol. The molecule has 1 N–H and O–H groups in total. The van der Waals surface area contributed by atoms with Crippen molar-refractivity contribution in [1.82, 2.24) is 0 Å². The molecule has 0 saturated heterocycles. The number of halogens is 2. The van der Waals surface area contributed by atoms with Crippen LogP contribution in [-0.4, -0.2) is 5.11 Å². The Labute approximate surface area is 114 Å². The lowest BCUT2D eigenvalue weighted by Crippen LogP contribution is -2.02. The summed E-state index contributed by atoms with van der Waals surface area (Å²) in [7, 11) is 0. The normalized spacial score (nSPS) is 12.4. The first kappa shape index (κ1) is 12.6. The maximum Gasteiger partial charge on any atom is 0.0845 e. The fourth-order valence-electron chi connectivity index (χ4n) is 1.73. The van der Waals surface area contributed by atoms with Gasteiger partial charge in [0.05, 0.1) is 11.1 Å². The van der Waals surface area contributed by atoms with Crippen molar-refractivity contribution in [2.45, 2.75) is 12.5 Å². The molecule has 2 aromatic rings. The fourth-order valence-corrected chi connectivity index (χ4v) is 2.36. The van der Waals surface area contributed by atoms with Crippen molar-refractivity contribution in [1.29, 1.82) is 0 Å². The summed E-state index contributed by atoms with van der Waals surface area (Å²) in [4.78, 5) is 0. The van der Waals surface area contributed by atoms with Gasteiger partial charge in [-0.2, -0.15) is 0 Å². The SMILES string of the molecule is OC(Cc1ccccc1)c1cccc(Br)c1Cl. The second-order valence-electron chi connectivity index (χ2n) is 3.85. The molecule has 3 heteroatoms. The number of aliphatic hydroxyl groups is 1. The van der Waals surface area contributed by atoms with E-state index in [-0.39, 0.29) is 0 Å². The van der Waals surface area contributed by atoms with Gasteiger partial charge in [-0.1, -0.05) is 54.1 Å². The maximum atomic E-state index is 10.2. The first-order valence-corrected chi connectivity index (χ1v) is 6.51. The monoisotopic (exact) mass is 310 g/mol. The summed E-state index contributed by atoms with van der Waals surface area (Å²) >= 11 is 9.50. The van der Waals surface area contributed by atoms with E-state index < -0.39 is 6.10 Å². The number of hydrogen-bond acceptors (Lipinski definition) is 1. The first-order chi connectivity index (χ1) is 8.18. The Hall–Kier alpha value is -0.830. The molecule has 0 aliphatic rings. The molecule has 0 saturated carbocycles. The van der Waals surface area contributed by atoms with Gasteiger partial charge in [0.25, 0.3) is 0 Å². The Kier molecular flexibility index (Phi) is 4.21. The van der Waals surface area contributed by atoms with Gasteiger partial charge in [0, 0.05) is 16.5 Å². The minimum Gasteiger partial charge on any atom is -0.388 e. The molecule has 0 heterocycles. The van der Waals surface area contributed by atoms with Crippen LogP contribution in [0.15, 0.2) is 53.0 Å². The molecule has 0 aliphatic heterocycles. The summed E-state index contributed by atoms with van der Waals surface area (Å²) in [5, 5.41) is 10.8. The van der Waals surface area contributed by atoms with Crippen LogP contribution in [0.25, 0.3) is 0 Å². The predicted octanol–water partition coefficient (Wildman–Crippen LogP) is 4.38. The molecule has 0 amide bonds. The Bertz CT molecular complexity index is 499. The lowest BCUT2D eigenvalue weighted by molar-refractivity contribution is 0.178. The van der Waals surface area contributed by atoms with Crippen molar-refractivity contribution in [3.8, 4) is 0 Å². The van der Waals surface area contributed by atoms with Gasteiger partial charge in [-0.3, -0.25) is 0 Å². The third kappa shape index (κ3) is 3.09. The van der Waals surface area contributed by atoms with Gasteiger partial charge >= 0.3 is 0 Å². The summed E-state index contributed by atoms with van der Waals surface area (Å²) in [6.45, 7) is 0. The fraction of sp³-hybridized carbons (Fsp3) is 0.143. The van der Waals surface area contributed by atoms with E-state index in [9.17, 15) is 5.11 Å². The third-order valence-electron chi connectivity index (χ3n) is 2.61. The highest BCUT2D eigenvalue weighted by molar-refractivity contribution is 9.10. The summed E-state index contributed by atoms with van der Waals surface area (Å²) in [6, 6.07) is 15.5. The Balaban J connectivity index is 2.20. The highest BCUT2D eigenvalue weighted by Crippen LogP contribution is 2.31. The number of hydrogen-bond donors (Lipinski definition) is 1. The summed E-state index contributed by atoms with van der Waals surface area (Å²) < 4.78 is 0.809. The molecule has 1 atom stereocenters. The van der Waals surface area contributed by atoms with E-state index in [4.69, 9.17) is 11.6 Å². The molecule has 0 fully saturated rings. The second kappa shape index (κ2) is 5.67. The Morgan fingerprint density at radius 2 is 1.76 bits per heavy atom. The van der Waals surface area contributed by atoms with E-state index in [1.54, 1.807) is 0 Å². The van der Waals surface area contributed by atoms with Crippen molar-refractivity contribution < 1.29 is 5.11 Å². The smallest absolute Gasteiger partial charge is 0.0845 e. The van der Waals surface area contributed by atoms with Gasteiger partial charge in [-0.05, 0) is 27.6 Å². The summed E-state index contributed by atoms with van der Waals surface area (Å²) in [5.41, 5.74) is 1.85. The molecule has 2 aromatic carbocycles. The lowest BCUT2D eigenvalue weighted by atomic mass is 10.0. The number of benzene rings is 2. The summed E-state index contributed by atoms with van der Waals surface area (Å²) in [6.07, 6.45) is -0.0146. The molecule has 88 valence electrons. The van der Waals surface area contributed by atoms with Crippen LogP contribution in [0.4, 0.5) is 0 Å². The van der Waals surface area contributed by atoms with Crippen molar-refractivity contribution in [3.05, 3.63) is 69.2 Å². The van der Waals surface area contributed by atoms with Crippen LogP contribution in [0.3, 0.4) is 0 Å². The lowest BCUT2D eigenvalue weighted by Gasteiger charge is -2.13. The molecule has 2 rings (SSSR count). The molecule has 0 bridgehead atoms. The molecule has 1 unspecified atom stereocenters. The van der Waals surface area contributed by atoms with E-state index >= 15 is 0 Å². The summed E-state index contributed by atoms with van der Waals surface area (Å²) in [5.74, 6) is 0. The molecule has 0 aromatic heterocycles. The highest BCUT2D eigenvalue weighted by atomic mass is 79.9. The van der Waals surface area contributed by atoms with Gasteiger partial charge in [0.2, 0.25) is 0 Å². The standard InChI is InChI=1S/C14H12BrClO/c15-12-8-4-7-11(14(12)16)13(17)9-10-5-2-1-3-6-10/h1-8,13,17H,9H2. The van der Waals surface area contributed by atoms with Crippen LogP contribution in [0.5, 0.6) is 0 Å². The molecule has 17 heavy (non-hydrogen) atoms. The van der Waals surface area contributed by atoms with Crippen LogP contribution in [-0.2, 0) is 6.42 Å². The van der Waals surface area contributed by atoms with E-state index in [0.717, 1.165) is 15.6 Å². The van der Waals surface area contributed by atoms with Crippen LogP contribution in [0.2, 0.25) is 5.02 Å². The molecular formula is C14H12BrClO. The molecule has 1 nitrogen and oxygen atoms in total. The van der Waals surface area contributed by atoms with Crippen LogP contribution in [0.1, 0.15) is 17.2 Å². The number of aliphatic hydroxyl groups excluding tert-OH is 1. The van der Waals surface area contributed by atoms with Gasteiger partial charge in [0.15, 0.2) is 0 Å². The van der Waals surface area contributed by atoms with E-state index in [1.807, 2.05) is 48.5 Å². The zero-order chi connectivity index (χ0) is 12.3. The topological polar surface area (TPSA) is 20.2 Å². The maximum absolute atomic E-state index is 10.2. The van der Waals surface area contributed by atoms with Crippen LogP contribution >= 0.6 is 27.5 Å². The first-order valence-electron chi connectivity index (χ1n) is 5.34. The van der Waals surface area contributed by atoms with Gasteiger partial charge in [-0.15, -0.1) is 0 Å². The largest absolute Gasteiger partial charge is 0.388 e.